The number of amides is 1. The maximum Gasteiger partial charge on any atom is 0.262 e. The van der Waals surface area contributed by atoms with Gasteiger partial charge in [0.1, 0.15) is 10.9 Å². The van der Waals surface area contributed by atoms with Gasteiger partial charge < -0.3 is 10.4 Å². The zero-order chi connectivity index (χ0) is 13.7. The van der Waals surface area contributed by atoms with E-state index in [1.807, 2.05) is 6.07 Å². The first-order valence-electron chi connectivity index (χ1n) is 6.65. The lowest BCUT2D eigenvalue weighted by Gasteiger charge is -2.24. The second-order valence-electron chi connectivity index (χ2n) is 4.94. The lowest BCUT2D eigenvalue weighted by atomic mass is 9.95. The Morgan fingerprint density at radius 2 is 2.26 bits per heavy atom. The van der Waals surface area contributed by atoms with Crippen molar-refractivity contribution in [2.45, 2.75) is 38.1 Å². The molecule has 1 aliphatic rings. The van der Waals surface area contributed by atoms with Crippen LogP contribution in [0.15, 0.2) is 11.4 Å². The first kappa shape index (κ1) is 14.0. The van der Waals surface area contributed by atoms with Crippen LogP contribution in [0.1, 0.15) is 47.3 Å². The molecule has 19 heavy (non-hydrogen) atoms. The van der Waals surface area contributed by atoms with Crippen LogP contribution in [0.4, 0.5) is 0 Å². The largest absolute Gasteiger partial charge is 0.396 e. The van der Waals surface area contributed by atoms with Gasteiger partial charge in [0.25, 0.3) is 5.91 Å². The predicted molar refractivity (Wildman–Crippen MR) is 73.9 cm³/mol. The van der Waals surface area contributed by atoms with E-state index in [1.54, 1.807) is 11.4 Å². The van der Waals surface area contributed by atoms with Crippen molar-refractivity contribution in [1.82, 2.24) is 5.32 Å². The average Bonchev–Trinajstić information content (AvgIpc) is 2.79. The quantitative estimate of drug-likeness (QED) is 0.833. The van der Waals surface area contributed by atoms with Crippen LogP contribution < -0.4 is 5.32 Å². The highest BCUT2D eigenvalue weighted by Gasteiger charge is 2.26. The molecule has 2 atom stereocenters. The number of aliphatic hydroxyl groups excluding tert-OH is 1. The normalized spacial score (nSPS) is 23.4. The summed E-state index contributed by atoms with van der Waals surface area (Å²) in [6, 6.07) is 3.72. The Morgan fingerprint density at radius 1 is 1.47 bits per heavy atom. The molecule has 0 aliphatic heterocycles. The summed E-state index contributed by atoms with van der Waals surface area (Å²) in [5, 5.41) is 23.1. The number of carbonyl (C=O) groups excluding carboxylic acids is 1. The molecular formula is C14H18N2O2S. The van der Waals surface area contributed by atoms with E-state index in [1.165, 1.54) is 11.3 Å². The second-order valence-corrected chi connectivity index (χ2v) is 5.85. The summed E-state index contributed by atoms with van der Waals surface area (Å²) >= 11 is 1.29. The van der Waals surface area contributed by atoms with Crippen molar-refractivity contribution in [2.24, 2.45) is 5.92 Å². The van der Waals surface area contributed by atoms with Gasteiger partial charge in [-0.25, -0.2) is 0 Å². The van der Waals surface area contributed by atoms with Gasteiger partial charge in [0.2, 0.25) is 0 Å². The SMILES string of the molecule is N#Cc1ccsc1C(=O)NC1CCCCCC1CO. The molecule has 102 valence electrons. The standard InChI is InChI=1S/C14H18N2O2S/c15-8-10-6-7-19-13(10)14(18)16-12-5-3-1-2-4-11(12)9-17/h6-7,11-12,17H,1-5,9H2,(H,16,18). The van der Waals surface area contributed by atoms with E-state index in [4.69, 9.17) is 5.26 Å². The molecule has 0 radical (unpaired) electrons. The third kappa shape index (κ3) is 3.34. The molecule has 5 heteroatoms. The van der Waals surface area contributed by atoms with Gasteiger partial charge in [0.15, 0.2) is 0 Å². The number of rotatable bonds is 3. The highest BCUT2D eigenvalue weighted by molar-refractivity contribution is 7.12. The third-order valence-electron chi connectivity index (χ3n) is 3.70. The summed E-state index contributed by atoms with van der Waals surface area (Å²) in [7, 11) is 0. The van der Waals surface area contributed by atoms with Crippen LogP contribution in [-0.4, -0.2) is 23.7 Å². The lowest BCUT2D eigenvalue weighted by Crippen LogP contribution is -2.41. The summed E-state index contributed by atoms with van der Waals surface area (Å²) < 4.78 is 0. The Balaban J connectivity index is 2.06. The third-order valence-corrected chi connectivity index (χ3v) is 4.62. The lowest BCUT2D eigenvalue weighted by molar-refractivity contribution is 0.0903. The van der Waals surface area contributed by atoms with E-state index in [2.05, 4.69) is 5.32 Å². The van der Waals surface area contributed by atoms with E-state index in [-0.39, 0.29) is 24.5 Å². The van der Waals surface area contributed by atoms with Gasteiger partial charge in [-0.05, 0) is 24.3 Å². The average molecular weight is 278 g/mol. The molecule has 0 saturated heterocycles. The maximum atomic E-state index is 12.2. The number of thiophene rings is 1. The second kappa shape index (κ2) is 6.69. The van der Waals surface area contributed by atoms with Crippen molar-refractivity contribution in [2.75, 3.05) is 6.61 Å². The molecule has 2 rings (SSSR count). The highest BCUT2D eigenvalue weighted by Crippen LogP contribution is 2.24. The smallest absolute Gasteiger partial charge is 0.262 e. The molecule has 1 fully saturated rings. The minimum atomic E-state index is -0.183. The topological polar surface area (TPSA) is 73.1 Å². The van der Waals surface area contributed by atoms with Gasteiger partial charge in [-0.3, -0.25) is 4.79 Å². The van der Waals surface area contributed by atoms with Crippen LogP contribution in [0, 0.1) is 17.2 Å². The Bertz CT molecular complexity index is 478. The molecule has 2 unspecified atom stereocenters. The number of aliphatic hydroxyl groups is 1. The fourth-order valence-corrected chi connectivity index (χ4v) is 3.35. The van der Waals surface area contributed by atoms with Crippen LogP contribution >= 0.6 is 11.3 Å². The van der Waals surface area contributed by atoms with E-state index < -0.39 is 0 Å². The van der Waals surface area contributed by atoms with Crippen molar-refractivity contribution in [3.8, 4) is 6.07 Å². The summed E-state index contributed by atoms with van der Waals surface area (Å²) in [5.74, 6) is -0.0474. The molecule has 0 spiro atoms. The zero-order valence-corrected chi connectivity index (χ0v) is 11.6. The van der Waals surface area contributed by atoms with Crippen molar-refractivity contribution >= 4 is 17.2 Å². The van der Waals surface area contributed by atoms with Gasteiger partial charge in [0.05, 0.1) is 5.56 Å². The van der Waals surface area contributed by atoms with Gasteiger partial charge in [-0.15, -0.1) is 11.3 Å². The summed E-state index contributed by atoms with van der Waals surface area (Å²) in [4.78, 5) is 12.7. The van der Waals surface area contributed by atoms with E-state index in [0.29, 0.717) is 10.4 Å². The Kier molecular flexibility index (Phi) is 4.94. The Hall–Kier alpha value is -1.38. The first-order valence-corrected chi connectivity index (χ1v) is 7.53. The zero-order valence-electron chi connectivity index (χ0n) is 10.8. The molecule has 1 saturated carbocycles. The molecule has 0 aromatic carbocycles. The fraction of sp³-hybridized carbons (Fsp3) is 0.571. The van der Waals surface area contributed by atoms with Crippen LogP contribution in [0.25, 0.3) is 0 Å². The van der Waals surface area contributed by atoms with Gasteiger partial charge >= 0.3 is 0 Å². The van der Waals surface area contributed by atoms with E-state index in [0.717, 1.165) is 32.1 Å². The molecule has 2 N–H and O–H groups in total. The molecule has 1 aromatic heterocycles. The van der Waals surface area contributed by atoms with Crippen LogP contribution in [0.2, 0.25) is 0 Å². The van der Waals surface area contributed by atoms with Crippen molar-refractivity contribution in [3.05, 3.63) is 21.9 Å². The van der Waals surface area contributed by atoms with Crippen molar-refractivity contribution in [3.63, 3.8) is 0 Å². The summed E-state index contributed by atoms with van der Waals surface area (Å²) in [5.41, 5.74) is 0.427. The Labute approximate surface area is 117 Å². The molecule has 1 amide bonds. The van der Waals surface area contributed by atoms with Crippen LogP contribution in [0.3, 0.4) is 0 Å². The number of nitriles is 1. The monoisotopic (exact) mass is 278 g/mol. The van der Waals surface area contributed by atoms with E-state index >= 15 is 0 Å². The Morgan fingerprint density at radius 3 is 3.00 bits per heavy atom. The predicted octanol–water partition coefficient (Wildman–Crippen LogP) is 2.29. The number of carbonyl (C=O) groups is 1. The van der Waals surface area contributed by atoms with Crippen molar-refractivity contribution in [1.29, 1.82) is 5.26 Å². The minimum Gasteiger partial charge on any atom is -0.396 e. The molecule has 0 bridgehead atoms. The summed E-state index contributed by atoms with van der Waals surface area (Å²) in [6.45, 7) is 0.112. The van der Waals surface area contributed by atoms with Crippen LogP contribution in [0.5, 0.6) is 0 Å². The number of nitrogens with zero attached hydrogens (tertiary/aromatic N) is 1. The van der Waals surface area contributed by atoms with Gasteiger partial charge in [-0.1, -0.05) is 19.3 Å². The molecule has 1 aliphatic carbocycles. The maximum absolute atomic E-state index is 12.2. The number of hydrogen-bond acceptors (Lipinski definition) is 4. The highest BCUT2D eigenvalue weighted by atomic mass is 32.1. The number of nitrogens with one attached hydrogen (secondary N) is 1. The minimum absolute atomic E-state index is 0.0219. The van der Waals surface area contributed by atoms with Crippen molar-refractivity contribution < 1.29 is 9.90 Å². The van der Waals surface area contributed by atoms with E-state index in [9.17, 15) is 9.90 Å². The summed E-state index contributed by atoms with van der Waals surface area (Å²) in [6.07, 6.45) is 5.21. The van der Waals surface area contributed by atoms with Gasteiger partial charge in [0, 0.05) is 18.6 Å². The number of hydrogen-bond donors (Lipinski definition) is 2. The fourth-order valence-electron chi connectivity index (χ4n) is 2.60. The van der Waals surface area contributed by atoms with Gasteiger partial charge in [-0.2, -0.15) is 5.26 Å². The first-order chi connectivity index (χ1) is 9.26. The molecule has 4 nitrogen and oxygen atoms in total. The molecule has 1 heterocycles. The molecule has 1 aromatic rings. The molecular weight excluding hydrogens is 260 g/mol. The van der Waals surface area contributed by atoms with Crippen LogP contribution in [-0.2, 0) is 0 Å².